The topological polar surface area (TPSA) is 124 Å². The van der Waals surface area contributed by atoms with Crippen molar-refractivity contribution in [1.29, 1.82) is 0 Å². The maximum atomic E-state index is 13.0. The number of nitrogens with two attached hydrogens (primary N) is 1. The Labute approximate surface area is 173 Å². The second-order valence-corrected chi connectivity index (χ2v) is 9.39. The number of nitro groups is 1. The number of Topliss-reactive ketones (excluding diaryl/α,β-unsaturated/α-hetero) is 1. The monoisotopic (exact) mass is 435 g/mol. The van der Waals surface area contributed by atoms with E-state index in [1.165, 1.54) is 42.5 Å². The number of likely N-dealkylation sites (tertiary alicyclic amines) is 1. The highest BCUT2D eigenvalue weighted by molar-refractivity contribution is 7.92. The molecule has 1 aliphatic heterocycles. The van der Waals surface area contributed by atoms with Crippen LogP contribution in [0.1, 0.15) is 23.2 Å². The van der Waals surface area contributed by atoms with Crippen LogP contribution in [0.3, 0.4) is 0 Å². The molecule has 0 aromatic heterocycles. The zero-order valence-electron chi connectivity index (χ0n) is 16.1. The molecule has 1 atom stereocenters. The van der Waals surface area contributed by atoms with E-state index < -0.39 is 36.5 Å². The van der Waals surface area contributed by atoms with Crippen LogP contribution in [0.4, 0.5) is 10.1 Å². The van der Waals surface area contributed by atoms with Crippen molar-refractivity contribution >= 4 is 21.3 Å². The third kappa shape index (κ3) is 4.72. The fourth-order valence-corrected chi connectivity index (χ4v) is 5.03. The van der Waals surface area contributed by atoms with Gasteiger partial charge in [-0.05, 0) is 56.3 Å². The van der Waals surface area contributed by atoms with Crippen molar-refractivity contribution in [2.75, 3.05) is 19.6 Å². The van der Waals surface area contributed by atoms with Crippen LogP contribution in [0.5, 0.6) is 0 Å². The van der Waals surface area contributed by atoms with Crippen molar-refractivity contribution in [2.45, 2.75) is 23.1 Å². The fraction of sp³-hybridized carbons (Fsp3) is 0.350. The third-order valence-electron chi connectivity index (χ3n) is 5.29. The van der Waals surface area contributed by atoms with Gasteiger partial charge in [-0.15, -0.1) is 0 Å². The highest BCUT2D eigenvalue weighted by atomic mass is 32.2. The Morgan fingerprint density at radius 3 is 2.37 bits per heavy atom. The van der Waals surface area contributed by atoms with E-state index in [0.717, 1.165) is 6.07 Å². The number of piperidine rings is 1. The summed E-state index contributed by atoms with van der Waals surface area (Å²) in [6.07, 6.45) is 1.04. The van der Waals surface area contributed by atoms with E-state index in [0.29, 0.717) is 31.5 Å². The maximum absolute atomic E-state index is 13.0. The minimum absolute atomic E-state index is 0.00579. The van der Waals surface area contributed by atoms with Gasteiger partial charge in [0.25, 0.3) is 5.69 Å². The number of carbonyl (C=O) groups excluding carboxylic acids is 1. The molecule has 0 bridgehead atoms. The van der Waals surface area contributed by atoms with Crippen LogP contribution in [0.15, 0.2) is 53.4 Å². The Bertz CT molecular complexity index is 1030. The summed E-state index contributed by atoms with van der Waals surface area (Å²) in [6.45, 7) is 0.946. The number of benzene rings is 2. The van der Waals surface area contributed by atoms with Gasteiger partial charge in [0.2, 0.25) is 9.84 Å². The summed E-state index contributed by atoms with van der Waals surface area (Å²) in [5.41, 5.74) is 5.87. The molecule has 2 N–H and O–H groups in total. The molecule has 3 rings (SSSR count). The summed E-state index contributed by atoms with van der Waals surface area (Å²) >= 11 is 0. The van der Waals surface area contributed by atoms with Crippen molar-refractivity contribution in [1.82, 2.24) is 4.90 Å². The van der Waals surface area contributed by atoms with E-state index in [2.05, 4.69) is 0 Å². The van der Waals surface area contributed by atoms with E-state index >= 15 is 0 Å². The number of halogens is 1. The van der Waals surface area contributed by atoms with Gasteiger partial charge in [0, 0.05) is 24.1 Å². The molecule has 0 saturated carbocycles. The standard InChI is InChI=1S/C20H22FN3O5S/c21-16-7-5-14(6-8-16)20(25)15-9-11-23(12-10-15)13-19(22)30(28,29)18-4-2-1-3-17(18)24(26)27/h1-8,15,19H,9-13,22H2. The number of hydrogen-bond acceptors (Lipinski definition) is 7. The average Bonchev–Trinajstić information content (AvgIpc) is 2.74. The van der Waals surface area contributed by atoms with Gasteiger partial charge in [-0.2, -0.15) is 0 Å². The number of nitrogens with zero attached hydrogens (tertiary/aromatic N) is 2. The molecule has 0 aliphatic carbocycles. The van der Waals surface area contributed by atoms with Crippen LogP contribution in [-0.4, -0.2) is 49.0 Å². The molecule has 10 heteroatoms. The third-order valence-corrected chi connectivity index (χ3v) is 7.20. The second kappa shape index (κ2) is 8.99. The van der Waals surface area contributed by atoms with E-state index in [-0.39, 0.29) is 18.2 Å². The first kappa shape index (κ1) is 22.0. The maximum Gasteiger partial charge on any atom is 0.288 e. The van der Waals surface area contributed by atoms with Crippen LogP contribution in [-0.2, 0) is 9.84 Å². The van der Waals surface area contributed by atoms with Gasteiger partial charge in [-0.3, -0.25) is 14.9 Å². The van der Waals surface area contributed by atoms with Gasteiger partial charge in [-0.25, -0.2) is 12.8 Å². The molecule has 0 radical (unpaired) electrons. The first-order valence-electron chi connectivity index (χ1n) is 9.45. The molecule has 30 heavy (non-hydrogen) atoms. The predicted octanol–water partition coefficient (Wildman–Crippen LogP) is 2.39. The molecule has 1 unspecified atom stereocenters. The Balaban J connectivity index is 1.62. The minimum atomic E-state index is -4.10. The largest absolute Gasteiger partial charge is 0.314 e. The summed E-state index contributed by atoms with van der Waals surface area (Å²) in [7, 11) is -4.10. The smallest absolute Gasteiger partial charge is 0.288 e. The van der Waals surface area contributed by atoms with E-state index in [1.54, 1.807) is 0 Å². The lowest BCUT2D eigenvalue weighted by Gasteiger charge is -2.32. The van der Waals surface area contributed by atoms with Crippen LogP contribution >= 0.6 is 0 Å². The summed E-state index contributed by atoms with van der Waals surface area (Å²) in [5, 5.41) is 9.82. The van der Waals surface area contributed by atoms with Crippen molar-refractivity contribution in [3.63, 3.8) is 0 Å². The molecule has 0 amide bonds. The summed E-state index contributed by atoms with van der Waals surface area (Å²) in [6, 6.07) is 10.5. The molecular weight excluding hydrogens is 413 g/mol. The van der Waals surface area contributed by atoms with Crippen molar-refractivity contribution in [3.05, 3.63) is 70.0 Å². The molecule has 1 heterocycles. The van der Waals surface area contributed by atoms with Gasteiger partial charge in [-0.1, -0.05) is 12.1 Å². The molecular formula is C20H22FN3O5S. The highest BCUT2D eigenvalue weighted by Crippen LogP contribution is 2.27. The normalized spacial score (nSPS) is 16.9. The Kier molecular flexibility index (Phi) is 6.59. The van der Waals surface area contributed by atoms with Crippen LogP contribution < -0.4 is 5.73 Å². The number of para-hydroxylation sites is 1. The average molecular weight is 435 g/mol. The van der Waals surface area contributed by atoms with E-state index in [4.69, 9.17) is 5.73 Å². The van der Waals surface area contributed by atoms with Crippen LogP contribution in [0.25, 0.3) is 0 Å². The van der Waals surface area contributed by atoms with Crippen molar-refractivity contribution in [3.8, 4) is 0 Å². The molecule has 2 aromatic carbocycles. The molecule has 8 nitrogen and oxygen atoms in total. The SMILES string of the molecule is NC(CN1CCC(C(=O)c2ccc(F)cc2)CC1)S(=O)(=O)c1ccccc1[N+](=O)[O-]. The molecule has 0 spiro atoms. The first-order chi connectivity index (χ1) is 14.2. The zero-order chi connectivity index (χ0) is 21.9. The Morgan fingerprint density at radius 2 is 1.77 bits per heavy atom. The second-order valence-electron chi connectivity index (χ2n) is 7.25. The molecule has 2 aromatic rings. The quantitative estimate of drug-likeness (QED) is 0.402. The van der Waals surface area contributed by atoms with Crippen molar-refractivity contribution in [2.24, 2.45) is 11.7 Å². The molecule has 160 valence electrons. The summed E-state index contributed by atoms with van der Waals surface area (Å²) in [5.74, 6) is -0.698. The lowest BCUT2D eigenvalue weighted by Crippen LogP contribution is -2.46. The molecule has 1 aliphatic rings. The van der Waals surface area contributed by atoms with Gasteiger partial charge in [0.05, 0.1) is 4.92 Å². The number of sulfone groups is 1. The van der Waals surface area contributed by atoms with Crippen LogP contribution in [0.2, 0.25) is 0 Å². The number of nitro benzene ring substituents is 1. The number of hydrogen-bond donors (Lipinski definition) is 1. The lowest BCUT2D eigenvalue weighted by atomic mass is 9.89. The minimum Gasteiger partial charge on any atom is -0.314 e. The van der Waals surface area contributed by atoms with Crippen LogP contribution in [0, 0.1) is 21.8 Å². The van der Waals surface area contributed by atoms with Gasteiger partial charge in [0.1, 0.15) is 16.1 Å². The first-order valence-corrected chi connectivity index (χ1v) is 11.0. The lowest BCUT2D eigenvalue weighted by molar-refractivity contribution is -0.387. The summed E-state index contributed by atoms with van der Waals surface area (Å²) < 4.78 is 38.6. The van der Waals surface area contributed by atoms with E-state index in [9.17, 15) is 27.7 Å². The molecule has 1 saturated heterocycles. The zero-order valence-corrected chi connectivity index (χ0v) is 16.9. The predicted molar refractivity (Wildman–Crippen MR) is 108 cm³/mol. The Hall–Kier alpha value is -2.69. The fourth-order valence-electron chi connectivity index (χ4n) is 3.59. The molecule has 1 fully saturated rings. The highest BCUT2D eigenvalue weighted by Gasteiger charge is 2.33. The number of rotatable bonds is 7. The van der Waals surface area contributed by atoms with Gasteiger partial charge in [0.15, 0.2) is 5.78 Å². The number of carbonyl (C=O) groups is 1. The van der Waals surface area contributed by atoms with Gasteiger partial charge < -0.3 is 10.6 Å². The van der Waals surface area contributed by atoms with Gasteiger partial charge >= 0.3 is 0 Å². The van der Waals surface area contributed by atoms with E-state index in [1.807, 2.05) is 4.90 Å². The summed E-state index contributed by atoms with van der Waals surface area (Å²) in [4.78, 5) is 24.4. The Morgan fingerprint density at radius 1 is 1.17 bits per heavy atom. The van der Waals surface area contributed by atoms with Crippen molar-refractivity contribution < 1.29 is 22.5 Å². The number of ketones is 1.